The van der Waals surface area contributed by atoms with E-state index < -0.39 is 78.6 Å². The largest absolute Gasteiger partial charge is 0.462 e. The van der Waals surface area contributed by atoms with Gasteiger partial charge in [-0.15, -0.1) is 5.10 Å². The lowest BCUT2D eigenvalue weighted by molar-refractivity contribution is -0.304. The quantitative estimate of drug-likeness (QED) is 0.231. The summed E-state index contributed by atoms with van der Waals surface area (Å²) in [4.78, 5) is 33.3. The number of rotatable bonds is 9. The van der Waals surface area contributed by atoms with Crippen LogP contribution < -0.4 is 0 Å². The van der Waals surface area contributed by atoms with Gasteiger partial charge in [-0.1, -0.05) is 61.9 Å². The second-order valence-electron chi connectivity index (χ2n) is 15.8. The number of aromatic nitrogens is 4. The van der Waals surface area contributed by atoms with Crippen molar-refractivity contribution >= 4 is 22.7 Å². The van der Waals surface area contributed by atoms with Crippen LogP contribution >= 0.6 is 0 Å². The van der Waals surface area contributed by atoms with Gasteiger partial charge in [0.05, 0.1) is 55.2 Å². The number of cyclic esters (lactones) is 1. The SMILES string of the molecule is CC[C@H]1OC(=O)C[C@@H](O)[C@H](C)[C@@H](O[C@@H]2O[C@H](C)C(O)C(N(C)C)C2O)[C@@H](CCn2cc(-c3cnc4ccccc4c3)nn2)C[C@@H](C)C(=O)/C=C/C(C)=C/[C@@H]1CO. The first-order chi connectivity index (χ1) is 26.7. The zero-order valence-corrected chi connectivity index (χ0v) is 33.5. The van der Waals surface area contributed by atoms with Crippen LogP contribution in [0.2, 0.25) is 0 Å². The Kier molecular flexibility index (Phi) is 15.1. The lowest BCUT2D eigenvalue weighted by atomic mass is 9.79. The molecule has 0 amide bonds. The summed E-state index contributed by atoms with van der Waals surface area (Å²) < 4.78 is 20.3. The van der Waals surface area contributed by atoms with Gasteiger partial charge in [-0.05, 0) is 71.3 Å². The highest BCUT2D eigenvalue weighted by molar-refractivity contribution is 5.91. The van der Waals surface area contributed by atoms with E-state index in [1.807, 2.05) is 57.3 Å². The van der Waals surface area contributed by atoms with Crippen LogP contribution in [0.4, 0.5) is 0 Å². The van der Waals surface area contributed by atoms with E-state index in [0.29, 0.717) is 31.5 Å². The Hall–Kier alpha value is -3.89. The average molecular weight is 778 g/mol. The molecule has 0 bridgehead atoms. The van der Waals surface area contributed by atoms with Crippen molar-refractivity contribution in [3.63, 3.8) is 0 Å². The molecule has 3 aromatic rings. The molecule has 2 aliphatic heterocycles. The number of aliphatic hydroxyl groups is 4. The second kappa shape index (κ2) is 19.5. The Balaban J connectivity index is 1.50. The van der Waals surface area contributed by atoms with Crippen molar-refractivity contribution in [2.24, 2.45) is 23.7 Å². The number of ether oxygens (including phenoxy) is 3. The van der Waals surface area contributed by atoms with E-state index >= 15 is 0 Å². The van der Waals surface area contributed by atoms with Gasteiger partial charge in [0.25, 0.3) is 0 Å². The monoisotopic (exact) mass is 777 g/mol. The molecule has 2 aromatic heterocycles. The maximum Gasteiger partial charge on any atom is 0.308 e. The fraction of sp³-hybridized carbons (Fsp3) is 0.595. The predicted molar refractivity (Wildman–Crippen MR) is 210 cm³/mol. The second-order valence-corrected chi connectivity index (χ2v) is 15.8. The van der Waals surface area contributed by atoms with Gasteiger partial charge in [0.1, 0.15) is 17.9 Å². The lowest BCUT2D eigenvalue weighted by Gasteiger charge is -2.46. The van der Waals surface area contributed by atoms with E-state index in [1.54, 1.807) is 55.9 Å². The number of likely N-dealkylation sites (N-methyl/N-ethyl adjacent to an activating group) is 1. The number of carbonyl (C=O) groups excluding carboxylic acids is 2. The number of pyridine rings is 1. The Morgan fingerprint density at radius 3 is 2.52 bits per heavy atom. The molecular formula is C42H59N5O9. The van der Waals surface area contributed by atoms with E-state index in [9.17, 15) is 30.0 Å². The number of esters is 1. The fourth-order valence-electron chi connectivity index (χ4n) is 7.91. The molecule has 306 valence electrons. The highest BCUT2D eigenvalue weighted by atomic mass is 16.7. The third-order valence-electron chi connectivity index (χ3n) is 11.3. The number of hydrogen-bond donors (Lipinski definition) is 4. The van der Waals surface area contributed by atoms with Gasteiger partial charge in [0.2, 0.25) is 0 Å². The van der Waals surface area contributed by atoms with Crippen molar-refractivity contribution < 1.29 is 44.2 Å². The maximum atomic E-state index is 13.7. The third-order valence-corrected chi connectivity index (χ3v) is 11.3. The number of fused-ring (bicyclic) bond motifs is 1. The maximum absolute atomic E-state index is 13.7. The van der Waals surface area contributed by atoms with Gasteiger partial charge in [-0.25, -0.2) is 0 Å². The van der Waals surface area contributed by atoms with Gasteiger partial charge in [-0.2, -0.15) is 0 Å². The minimum Gasteiger partial charge on any atom is -0.462 e. The highest BCUT2D eigenvalue weighted by Gasteiger charge is 2.47. The molecule has 5 rings (SSSR count). The van der Waals surface area contributed by atoms with Crippen LogP contribution in [0.3, 0.4) is 0 Å². The molecule has 0 spiro atoms. The van der Waals surface area contributed by atoms with E-state index in [4.69, 9.17) is 14.2 Å². The van der Waals surface area contributed by atoms with Crippen molar-refractivity contribution in [2.75, 3.05) is 20.7 Å². The van der Waals surface area contributed by atoms with Crippen molar-refractivity contribution in [2.45, 2.75) is 116 Å². The molecular weight excluding hydrogens is 718 g/mol. The zero-order valence-electron chi connectivity index (χ0n) is 33.5. The standard InChI is InChI=1S/C42H59N5O9/c1-8-36-31(23-48)17-24(2)13-14-34(49)25(3)18-29(15-16-47-22-33(44-45-47)30-19-28-11-9-10-12-32(28)43-21-30)41(26(4)35(50)20-37(51)55-36)56-42-40(53)38(46(6)7)39(52)27(5)54-42/h9-14,17,19,21-22,25-27,29,31,35-36,38-42,48,50,52-53H,8,15-16,18,20,23H2,1-7H3/b14-13+,24-17+/t25-,26+,27-,29+,31-,35-,36-,38?,39?,40?,41-,42+/m1/s1. The molecule has 12 atom stereocenters. The Labute approximate surface area is 329 Å². The first-order valence-corrected chi connectivity index (χ1v) is 19.7. The zero-order chi connectivity index (χ0) is 40.7. The molecule has 14 heteroatoms. The first kappa shape index (κ1) is 43.2. The number of aliphatic hydroxyl groups excluding tert-OH is 4. The van der Waals surface area contributed by atoms with Gasteiger partial charge in [0, 0.05) is 41.4 Å². The minimum absolute atomic E-state index is 0.119. The Bertz CT molecular complexity index is 1830. The van der Waals surface area contributed by atoms with Gasteiger partial charge in [0.15, 0.2) is 12.1 Å². The summed E-state index contributed by atoms with van der Waals surface area (Å²) in [7, 11) is 3.50. The van der Waals surface area contributed by atoms with Crippen LogP contribution in [0.1, 0.15) is 60.3 Å². The summed E-state index contributed by atoms with van der Waals surface area (Å²) in [6.07, 6.45) is 2.52. The number of allylic oxidation sites excluding steroid dienone is 3. The average Bonchev–Trinajstić information content (AvgIpc) is 3.66. The number of hydrogen-bond acceptors (Lipinski definition) is 13. The van der Waals surface area contributed by atoms with E-state index in [0.717, 1.165) is 22.0 Å². The molecule has 1 fully saturated rings. The topological polar surface area (TPSA) is 190 Å². The Morgan fingerprint density at radius 1 is 1.05 bits per heavy atom. The van der Waals surface area contributed by atoms with Crippen molar-refractivity contribution in [1.82, 2.24) is 24.9 Å². The summed E-state index contributed by atoms with van der Waals surface area (Å²) >= 11 is 0. The van der Waals surface area contributed by atoms with Crippen LogP contribution in [0.15, 0.2) is 66.5 Å². The summed E-state index contributed by atoms with van der Waals surface area (Å²) in [5, 5.41) is 54.1. The molecule has 1 aromatic carbocycles. The number of carbonyl (C=O) groups is 2. The normalized spacial score (nSPS) is 34.2. The number of benzene rings is 1. The summed E-state index contributed by atoms with van der Waals surface area (Å²) in [6, 6.07) is 9.11. The van der Waals surface area contributed by atoms with Gasteiger partial charge >= 0.3 is 5.97 Å². The number of aryl methyl sites for hydroxylation is 1. The van der Waals surface area contributed by atoms with E-state index in [1.165, 1.54) is 6.08 Å². The molecule has 0 aliphatic carbocycles. The molecule has 3 unspecified atom stereocenters. The van der Waals surface area contributed by atoms with Crippen LogP contribution in [0.5, 0.6) is 0 Å². The van der Waals surface area contributed by atoms with E-state index in [2.05, 4.69) is 15.3 Å². The van der Waals surface area contributed by atoms with Crippen LogP contribution in [-0.2, 0) is 30.3 Å². The molecule has 0 radical (unpaired) electrons. The summed E-state index contributed by atoms with van der Waals surface area (Å²) in [5.41, 5.74) is 3.06. The predicted octanol–water partition coefficient (Wildman–Crippen LogP) is 3.71. The Morgan fingerprint density at radius 2 is 1.80 bits per heavy atom. The number of para-hydroxylation sites is 1. The van der Waals surface area contributed by atoms with Gasteiger partial charge in [-0.3, -0.25) is 19.3 Å². The molecule has 4 heterocycles. The lowest BCUT2D eigenvalue weighted by Crippen LogP contribution is -2.63. The van der Waals surface area contributed by atoms with E-state index in [-0.39, 0.29) is 18.8 Å². The summed E-state index contributed by atoms with van der Waals surface area (Å²) in [5.74, 6) is -2.90. The fourth-order valence-corrected chi connectivity index (χ4v) is 7.91. The molecule has 0 saturated carbocycles. The van der Waals surface area contributed by atoms with Crippen molar-refractivity contribution in [3.05, 3.63) is 66.5 Å². The molecule has 56 heavy (non-hydrogen) atoms. The highest BCUT2D eigenvalue weighted by Crippen LogP contribution is 2.35. The molecule has 4 N–H and O–H groups in total. The van der Waals surface area contributed by atoms with Gasteiger partial charge < -0.3 is 39.5 Å². The molecule has 2 aliphatic rings. The van der Waals surface area contributed by atoms with Crippen LogP contribution in [0, 0.1) is 23.7 Å². The number of nitrogens with zero attached hydrogens (tertiary/aromatic N) is 5. The molecule has 14 nitrogen and oxygen atoms in total. The first-order valence-electron chi connectivity index (χ1n) is 19.7. The van der Waals surface area contributed by atoms with Crippen LogP contribution in [-0.4, -0.2) is 127 Å². The minimum atomic E-state index is -1.27. The third kappa shape index (κ3) is 10.5. The number of ketones is 1. The molecule has 1 saturated heterocycles. The summed E-state index contributed by atoms with van der Waals surface area (Å²) in [6.45, 7) is 9.08. The van der Waals surface area contributed by atoms with Crippen molar-refractivity contribution in [3.8, 4) is 11.3 Å². The van der Waals surface area contributed by atoms with Crippen molar-refractivity contribution in [1.29, 1.82) is 0 Å². The van der Waals surface area contributed by atoms with Crippen LogP contribution in [0.25, 0.3) is 22.2 Å². The smallest absolute Gasteiger partial charge is 0.308 e.